The maximum absolute atomic E-state index is 5.94. The molecular weight excluding hydrogens is 236 g/mol. The highest BCUT2D eigenvalue weighted by Gasteiger charge is 2.34. The van der Waals surface area contributed by atoms with Crippen molar-refractivity contribution < 1.29 is 4.74 Å². The second kappa shape index (κ2) is 5.93. The second-order valence-electron chi connectivity index (χ2n) is 5.66. The van der Waals surface area contributed by atoms with E-state index in [0.29, 0.717) is 12.1 Å². The molecule has 0 spiro atoms. The Hall–Kier alpha value is -1.06. The second-order valence-corrected chi connectivity index (χ2v) is 5.66. The molecule has 2 aliphatic rings. The van der Waals surface area contributed by atoms with Crippen molar-refractivity contribution >= 4 is 5.69 Å². The summed E-state index contributed by atoms with van der Waals surface area (Å²) in [6, 6.07) is 9.53. The molecule has 104 valence electrons. The first-order valence-electron chi connectivity index (χ1n) is 7.56. The largest absolute Gasteiger partial charge is 0.374 e. The number of morpholine rings is 1. The molecule has 2 unspecified atom stereocenters. The van der Waals surface area contributed by atoms with Crippen molar-refractivity contribution in [2.24, 2.45) is 5.73 Å². The summed E-state index contributed by atoms with van der Waals surface area (Å²) in [6.45, 7) is 2.62. The molecule has 0 bridgehead atoms. The normalized spacial score (nSPS) is 27.1. The first kappa shape index (κ1) is 12.9. The van der Waals surface area contributed by atoms with E-state index in [1.54, 1.807) is 0 Å². The van der Waals surface area contributed by atoms with E-state index in [4.69, 9.17) is 10.5 Å². The molecule has 0 radical (unpaired) electrons. The fourth-order valence-corrected chi connectivity index (χ4v) is 3.44. The van der Waals surface area contributed by atoms with Crippen LogP contribution in [0, 0.1) is 0 Å². The zero-order chi connectivity index (χ0) is 13.1. The minimum absolute atomic E-state index is 0.450. The van der Waals surface area contributed by atoms with Crippen LogP contribution in [0.4, 0.5) is 5.69 Å². The lowest BCUT2D eigenvalue weighted by atomic mass is 9.89. The number of rotatable bonds is 3. The zero-order valence-corrected chi connectivity index (χ0v) is 11.6. The summed E-state index contributed by atoms with van der Waals surface area (Å²) < 4.78 is 5.94. The number of hydrogen-bond donors (Lipinski definition) is 1. The summed E-state index contributed by atoms with van der Waals surface area (Å²) in [6.07, 6.45) is 6.58. The van der Waals surface area contributed by atoms with Gasteiger partial charge in [0.2, 0.25) is 0 Å². The van der Waals surface area contributed by atoms with Crippen molar-refractivity contribution in [1.82, 2.24) is 0 Å². The van der Waals surface area contributed by atoms with Gasteiger partial charge < -0.3 is 15.4 Å². The zero-order valence-electron chi connectivity index (χ0n) is 11.6. The van der Waals surface area contributed by atoms with E-state index >= 15 is 0 Å². The van der Waals surface area contributed by atoms with Gasteiger partial charge in [-0.05, 0) is 43.5 Å². The van der Waals surface area contributed by atoms with Crippen LogP contribution in [0.25, 0.3) is 0 Å². The summed E-state index contributed by atoms with van der Waals surface area (Å²) in [5, 5.41) is 0. The summed E-state index contributed by atoms with van der Waals surface area (Å²) in [4.78, 5) is 2.56. The molecule has 3 heteroatoms. The lowest BCUT2D eigenvalue weighted by Gasteiger charge is -2.45. The van der Waals surface area contributed by atoms with Gasteiger partial charge in [0.25, 0.3) is 0 Å². The molecule has 0 aromatic heterocycles. The third-order valence-electron chi connectivity index (χ3n) is 4.43. The first-order valence-corrected chi connectivity index (χ1v) is 7.56. The third kappa shape index (κ3) is 2.77. The number of ether oxygens (including phenoxy) is 1. The molecule has 0 amide bonds. The van der Waals surface area contributed by atoms with E-state index in [1.165, 1.54) is 36.9 Å². The van der Waals surface area contributed by atoms with Gasteiger partial charge >= 0.3 is 0 Å². The summed E-state index contributed by atoms with van der Waals surface area (Å²) in [5.41, 5.74) is 8.28. The van der Waals surface area contributed by atoms with E-state index in [0.717, 1.165) is 26.1 Å². The molecule has 2 atom stereocenters. The van der Waals surface area contributed by atoms with Crippen LogP contribution in [-0.2, 0) is 11.2 Å². The molecule has 1 aromatic rings. The van der Waals surface area contributed by atoms with Crippen molar-refractivity contribution in [2.75, 3.05) is 24.6 Å². The van der Waals surface area contributed by atoms with E-state index in [1.807, 2.05) is 0 Å². The molecule has 19 heavy (non-hydrogen) atoms. The number of nitrogens with two attached hydrogens (primary N) is 1. The molecule has 2 N–H and O–H groups in total. The van der Waals surface area contributed by atoms with E-state index in [-0.39, 0.29) is 0 Å². The molecule has 3 nitrogen and oxygen atoms in total. The topological polar surface area (TPSA) is 38.5 Å². The summed E-state index contributed by atoms with van der Waals surface area (Å²) in [5.74, 6) is 0. The van der Waals surface area contributed by atoms with Gasteiger partial charge in [-0.1, -0.05) is 25.0 Å². The van der Waals surface area contributed by atoms with Gasteiger partial charge in [-0.15, -0.1) is 0 Å². The van der Waals surface area contributed by atoms with Crippen LogP contribution >= 0.6 is 0 Å². The van der Waals surface area contributed by atoms with Crippen LogP contribution in [0.1, 0.15) is 31.2 Å². The molecule has 1 aliphatic heterocycles. The fraction of sp³-hybridized carbons (Fsp3) is 0.625. The molecule has 3 rings (SSSR count). The standard InChI is InChI=1S/C16H24N2O/c17-10-9-13-5-7-14(8-6-13)18-11-12-19-16-4-2-1-3-15(16)18/h5-8,15-16H,1-4,9-12,17H2. The highest BCUT2D eigenvalue weighted by Crippen LogP contribution is 2.32. The molecule has 1 aliphatic carbocycles. The lowest BCUT2D eigenvalue weighted by Crippen LogP contribution is -2.52. The Morgan fingerprint density at radius 3 is 2.74 bits per heavy atom. The Labute approximate surface area is 115 Å². The van der Waals surface area contributed by atoms with Crippen LogP contribution in [0.5, 0.6) is 0 Å². The van der Waals surface area contributed by atoms with Crippen molar-refractivity contribution in [3.8, 4) is 0 Å². The molecule has 1 saturated carbocycles. The van der Waals surface area contributed by atoms with Gasteiger partial charge in [0.1, 0.15) is 0 Å². The maximum Gasteiger partial charge on any atom is 0.0779 e. The van der Waals surface area contributed by atoms with E-state index in [2.05, 4.69) is 29.2 Å². The number of fused-ring (bicyclic) bond motifs is 1. The number of anilines is 1. The predicted octanol–water partition coefficient (Wildman–Crippen LogP) is 2.34. The van der Waals surface area contributed by atoms with Crippen LogP contribution in [-0.4, -0.2) is 31.8 Å². The molecule has 1 heterocycles. The Morgan fingerprint density at radius 2 is 1.95 bits per heavy atom. The average Bonchev–Trinajstić information content (AvgIpc) is 2.48. The Balaban J connectivity index is 1.75. The third-order valence-corrected chi connectivity index (χ3v) is 4.43. The van der Waals surface area contributed by atoms with Crippen LogP contribution in [0.15, 0.2) is 24.3 Å². The van der Waals surface area contributed by atoms with E-state index in [9.17, 15) is 0 Å². The Kier molecular flexibility index (Phi) is 4.04. The van der Waals surface area contributed by atoms with Gasteiger partial charge in [-0.25, -0.2) is 0 Å². The predicted molar refractivity (Wildman–Crippen MR) is 78.5 cm³/mol. The van der Waals surface area contributed by atoms with Gasteiger partial charge in [0.05, 0.1) is 18.8 Å². The van der Waals surface area contributed by atoms with Crippen LogP contribution in [0.2, 0.25) is 0 Å². The number of nitrogens with zero attached hydrogens (tertiary/aromatic N) is 1. The van der Waals surface area contributed by atoms with Gasteiger partial charge in [-0.2, -0.15) is 0 Å². The van der Waals surface area contributed by atoms with Crippen molar-refractivity contribution in [2.45, 2.75) is 44.2 Å². The number of hydrogen-bond acceptors (Lipinski definition) is 3. The summed E-state index contributed by atoms with van der Waals surface area (Å²) in [7, 11) is 0. The summed E-state index contributed by atoms with van der Waals surface area (Å²) >= 11 is 0. The van der Waals surface area contributed by atoms with Crippen molar-refractivity contribution in [3.63, 3.8) is 0 Å². The average molecular weight is 260 g/mol. The maximum atomic E-state index is 5.94. The molecule has 1 aromatic carbocycles. The van der Waals surface area contributed by atoms with E-state index < -0.39 is 0 Å². The quantitative estimate of drug-likeness (QED) is 0.906. The highest BCUT2D eigenvalue weighted by molar-refractivity contribution is 5.49. The number of benzene rings is 1. The first-order chi connectivity index (χ1) is 9.38. The van der Waals surface area contributed by atoms with Gasteiger partial charge in [0.15, 0.2) is 0 Å². The Morgan fingerprint density at radius 1 is 1.16 bits per heavy atom. The molecule has 1 saturated heterocycles. The Bertz CT molecular complexity index is 402. The van der Waals surface area contributed by atoms with Gasteiger partial charge in [-0.3, -0.25) is 0 Å². The van der Waals surface area contributed by atoms with Crippen molar-refractivity contribution in [3.05, 3.63) is 29.8 Å². The van der Waals surface area contributed by atoms with Crippen LogP contribution in [0.3, 0.4) is 0 Å². The SMILES string of the molecule is NCCc1ccc(N2CCOC3CCCCC32)cc1. The van der Waals surface area contributed by atoms with Gasteiger partial charge in [0, 0.05) is 12.2 Å². The highest BCUT2D eigenvalue weighted by atomic mass is 16.5. The lowest BCUT2D eigenvalue weighted by molar-refractivity contribution is -0.00867. The monoisotopic (exact) mass is 260 g/mol. The molecule has 2 fully saturated rings. The minimum atomic E-state index is 0.450. The van der Waals surface area contributed by atoms with Crippen molar-refractivity contribution in [1.29, 1.82) is 0 Å². The fourth-order valence-electron chi connectivity index (χ4n) is 3.44. The molecular formula is C16H24N2O. The minimum Gasteiger partial charge on any atom is -0.374 e. The van der Waals surface area contributed by atoms with Crippen LogP contribution < -0.4 is 10.6 Å². The smallest absolute Gasteiger partial charge is 0.0779 e.